The number of carbonyl (C=O) groups is 1. The van der Waals surface area contributed by atoms with E-state index in [1.54, 1.807) is 37.4 Å². The van der Waals surface area contributed by atoms with E-state index in [9.17, 15) is 4.79 Å². The predicted molar refractivity (Wildman–Crippen MR) is 72.0 cm³/mol. The Labute approximate surface area is 106 Å². The molecular weight excluding hydrogens is 226 g/mol. The van der Waals surface area contributed by atoms with Crippen LogP contribution in [0.25, 0.3) is 0 Å². The normalized spacial score (nSPS) is 10.1. The number of benzene rings is 2. The largest absolute Gasteiger partial charge is 0.497 e. The van der Waals surface area contributed by atoms with Crippen molar-refractivity contribution in [2.75, 3.05) is 12.8 Å². The number of hydrogen-bond acceptors (Lipinski definition) is 3. The highest BCUT2D eigenvalue weighted by atomic mass is 16.5. The molecule has 3 heteroatoms. The van der Waals surface area contributed by atoms with Gasteiger partial charge in [-0.15, -0.1) is 0 Å². The van der Waals surface area contributed by atoms with E-state index in [-0.39, 0.29) is 5.78 Å². The van der Waals surface area contributed by atoms with Crippen molar-refractivity contribution in [2.45, 2.75) is 6.92 Å². The van der Waals surface area contributed by atoms with Crippen LogP contribution in [0.2, 0.25) is 0 Å². The van der Waals surface area contributed by atoms with Crippen molar-refractivity contribution in [1.29, 1.82) is 0 Å². The fraction of sp³-hybridized carbons (Fsp3) is 0.133. The average Bonchev–Trinajstić information content (AvgIpc) is 2.38. The molecule has 0 aliphatic carbocycles. The van der Waals surface area contributed by atoms with Crippen molar-refractivity contribution in [2.24, 2.45) is 0 Å². The van der Waals surface area contributed by atoms with Crippen LogP contribution >= 0.6 is 0 Å². The van der Waals surface area contributed by atoms with Crippen LogP contribution in [0, 0.1) is 6.92 Å². The highest BCUT2D eigenvalue weighted by Gasteiger charge is 2.14. The molecule has 0 atom stereocenters. The third-order valence-corrected chi connectivity index (χ3v) is 2.88. The van der Waals surface area contributed by atoms with Gasteiger partial charge < -0.3 is 10.5 Å². The number of methoxy groups -OCH3 is 1. The minimum absolute atomic E-state index is 0.0618. The van der Waals surface area contributed by atoms with Crippen molar-refractivity contribution in [1.82, 2.24) is 0 Å². The number of aryl methyl sites for hydroxylation is 1. The van der Waals surface area contributed by atoms with E-state index in [4.69, 9.17) is 10.5 Å². The van der Waals surface area contributed by atoms with Crippen molar-refractivity contribution >= 4 is 11.5 Å². The van der Waals surface area contributed by atoms with Crippen LogP contribution in [0.3, 0.4) is 0 Å². The van der Waals surface area contributed by atoms with Gasteiger partial charge in [0.2, 0.25) is 0 Å². The van der Waals surface area contributed by atoms with Crippen LogP contribution in [0.4, 0.5) is 5.69 Å². The summed E-state index contributed by atoms with van der Waals surface area (Å²) in [5, 5.41) is 0. The summed E-state index contributed by atoms with van der Waals surface area (Å²) in [4.78, 5) is 12.4. The summed E-state index contributed by atoms with van der Waals surface area (Å²) in [7, 11) is 1.59. The van der Waals surface area contributed by atoms with Crippen LogP contribution in [-0.4, -0.2) is 12.9 Å². The lowest BCUT2D eigenvalue weighted by atomic mass is 9.97. The van der Waals surface area contributed by atoms with Gasteiger partial charge in [-0.2, -0.15) is 0 Å². The number of rotatable bonds is 3. The minimum atomic E-state index is -0.0618. The molecule has 0 saturated heterocycles. The quantitative estimate of drug-likeness (QED) is 0.664. The maximum atomic E-state index is 12.4. The fourth-order valence-corrected chi connectivity index (χ4v) is 1.89. The number of ketones is 1. The second kappa shape index (κ2) is 4.92. The lowest BCUT2D eigenvalue weighted by Gasteiger charge is -2.08. The van der Waals surface area contributed by atoms with Gasteiger partial charge >= 0.3 is 0 Å². The maximum Gasteiger partial charge on any atom is 0.195 e. The first-order valence-electron chi connectivity index (χ1n) is 5.67. The predicted octanol–water partition coefficient (Wildman–Crippen LogP) is 2.82. The molecule has 2 N–H and O–H groups in total. The first kappa shape index (κ1) is 12.2. The summed E-state index contributed by atoms with van der Waals surface area (Å²) in [6.07, 6.45) is 0. The highest BCUT2D eigenvalue weighted by molar-refractivity contribution is 6.13. The van der Waals surface area contributed by atoms with Gasteiger partial charge in [-0.1, -0.05) is 12.1 Å². The van der Waals surface area contributed by atoms with E-state index >= 15 is 0 Å². The van der Waals surface area contributed by atoms with Crippen LogP contribution in [0.15, 0.2) is 42.5 Å². The number of hydrogen-bond donors (Lipinski definition) is 1. The van der Waals surface area contributed by atoms with E-state index in [1.165, 1.54) is 0 Å². The molecule has 0 spiro atoms. The van der Waals surface area contributed by atoms with E-state index < -0.39 is 0 Å². The molecule has 2 aromatic carbocycles. The van der Waals surface area contributed by atoms with E-state index in [0.717, 1.165) is 11.3 Å². The first-order chi connectivity index (χ1) is 8.63. The molecule has 0 bridgehead atoms. The molecule has 0 amide bonds. The molecule has 0 radical (unpaired) electrons. The number of anilines is 1. The lowest BCUT2D eigenvalue weighted by molar-refractivity contribution is 0.103. The molecule has 92 valence electrons. The Hall–Kier alpha value is -2.29. The summed E-state index contributed by atoms with van der Waals surface area (Å²) < 4.78 is 5.07. The smallest absolute Gasteiger partial charge is 0.195 e. The minimum Gasteiger partial charge on any atom is -0.497 e. The SMILES string of the molecule is COc1ccc(C(=O)c2c(C)cccc2N)cc1. The zero-order valence-electron chi connectivity index (χ0n) is 10.4. The van der Waals surface area contributed by atoms with Gasteiger partial charge in [0.25, 0.3) is 0 Å². The molecule has 2 rings (SSSR count). The van der Waals surface area contributed by atoms with Gasteiger partial charge in [0.15, 0.2) is 5.78 Å². The number of nitrogens with two attached hydrogens (primary N) is 1. The van der Waals surface area contributed by atoms with Gasteiger partial charge in [0.1, 0.15) is 5.75 Å². The Morgan fingerprint density at radius 2 is 1.78 bits per heavy atom. The Kier molecular flexibility index (Phi) is 3.33. The third kappa shape index (κ3) is 2.20. The van der Waals surface area contributed by atoms with E-state index in [2.05, 4.69) is 0 Å². The standard InChI is InChI=1S/C15H15NO2/c1-10-4-3-5-13(16)14(10)15(17)11-6-8-12(18-2)9-7-11/h3-9H,16H2,1-2H3. The lowest BCUT2D eigenvalue weighted by Crippen LogP contribution is -2.07. The Morgan fingerprint density at radius 3 is 2.33 bits per heavy atom. The van der Waals surface area contributed by atoms with Gasteiger partial charge in [0, 0.05) is 16.8 Å². The van der Waals surface area contributed by atoms with E-state index in [1.807, 2.05) is 19.1 Å². The Bertz CT molecular complexity index is 553. The third-order valence-electron chi connectivity index (χ3n) is 2.88. The summed E-state index contributed by atoms with van der Waals surface area (Å²) in [5.41, 5.74) is 8.45. The second-order valence-electron chi connectivity index (χ2n) is 4.10. The molecule has 0 aromatic heterocycles. The number of carbonyl (C=O) groups excluding carboxylic acids is 1. The molecule has 0 saturated carbocycles. The van der Waals surface area contributed by atoms with Gasteiger partial charge in [-0.25, -0.2) is 0 Å². The topological polar surface area (TPSA) is 52.3 Å². The first-order valence-corrected chi connectivity index (χ1v) is 5.67. The van der Waals surface area contributed by atoms with Crippen molar-refractivity contribution in [3.8, 4) is 5.75 Å². The van der Waals surface area contributed by atoms with Crippen LogP contribution in [-0.2, 0) is 0 Å². The zero-order chi connectivity index (χ0) is 13.1. The maximum absolute atomic E-state index is 12.4. The second-order valence-corrected chi connectivity index (χ2v) is 4.10. The van der Waals surface area contributed by atoms with Crippen LogP contribution in [0.5, 0.6) is 5.75 Å². The molecule has 2 aromatic rings. The number of nitrogen functional groups attached to an aromatic ring is 1. The van der Waals surface area contributed by atoms with Crippen molar-refractivity contribution in [3.05, 3.63) is 59.2 Å². The summed E-state index contributed by atoms with van der Waals surface area (Å²) in [6, 6.07) is 12.5. The molecule has 18 heavy (non-hydrogen) atoms. The van der Waals surface area contributed by atoms with Gasteiger partial charge in [0.05, 0.1) is 7.11 Å². The average molecular weight is 241 g/mol. The Morgan fingerprint density at radius 1 is 1.11 bits per heavy atom. The highest BCUT2D eigenvalue weighted by Crippen LogP contribution is 2.21. The van der Waals surface area contributed by atoms with E-state index in [0.29, 0.717) is 16.8 Å². The van der Waals surface area contributed by atoms with Crippen LogP contribution < -0.4 is 10.5 Å². The van der Waals surface area contributed by atoms with Crippen molar-refractivity contribution in [3.63, 3.8) is 0 Å². The molecule has 0 aliphatic heterocycles. The molecule has 3 nitrogen and oxygen atoms in total. The summed E-state index contributed by atoms with van der Waals surface area (Å²) >= 11 is 0. The Balaban J connectivity index is 2.41. The summed E-state index contributed by atoms with van der Waals surface area (Å²) in [5.74, 6) is 0.664. The van der Waals surface area contributed by atoms with Crippen LogP contribution in [0.1, 0.15) is 21.5 Å². The summed E-state index contributed by atoms with van der Waals surface area (Å²) in [6.45, 7) is 1.88. The molecule has 0 unspecified atom stereocenters. The van der Waals surface area contributed by atoms with Gasteiger partial charge in [-0.3, -0.25) is 4.79 Å². The van der Waals surface area contributed by atoms with Crippen molar-refractivity contribution < 1.29 is 9.53 Å². The molecule has 0 aliphatic rings. The monoisotopic (exact) mass is 241 g/mol. The molecule has 0 heterocycles. The van der Waals surface area contributed by atoms with Gasteiger partial charge in [-0.05, 0) is 42.8 Å². The fourth-order valence-electron chi connectivity index (χ4n) is 1.89. The molecular formula is C15H15NO2. The number of ether oxygens (including phenoxy) is 1. The molecule has 0 fully saturated rings. The zero-order valence-corrected chi connectivity index (χ0v) is 10.4.